The maximum atomic E-state index is 12.6. The van der Waals surface area contributed by atoms with Crippen molar-refractivity contribution in [1.82, 2.24) is 4.72 Å². The van der Waals surface area contributed by atoms with Crippen LogP contribution in [0.25, 0.3) is 0 Å². The zero-order valence-corrected chi connectivity index (χ0v) is 14.8. The Morgan fingerprint density at radius 3 is 2.58 bits per heavy atom. The van der Waals surface area contributed by atoms with Crippen LogP contribution in [-0.2, 0) is 26.0 Å². The van der Waals surface area contributed by atoms with E-state index in [4.69, 9.17) is 5.11 Å². The number of carbonyl (C=O) groups excluding carboxylic acids is 1. The summed E-state index contributed by atoms with van der Waals surface area (Å²) in [6.45, 7) is 5.28. The maximum absolute atomic E-state index is 12.6. The van der Waals surface area contributed by atoms with Crippen LogP contribution in [0.2, 0.25) is 0 Å². The van der Waals surface area contributed by atoms with Crippen molar-refractivity contribution >= 4 is 27.6 Å². The van der Waals surface area contributed by atoms with Crippen molar-refractivity contribution in [2.75, 3.05) is 11.4 Å². The van der Waals surface area contributed by atoms with Gasteiger partial charge in [0.2, 0.25) is 15.9 Å². The molecule has 1 aliphatic heterocycles. The summed E-state index contributed by atoms with van der Waals surface area (Å²) in [4.78, 5) is 24.0. The molecule has 0 atom stereocenters. The predicted octanol–water partition coefficient (Wildman–Crippen LogP) is 1.52. The van der Waals surface area contributed by atoms with Gasteiger partial charge in [-0.25, -0.2) is 13.1 Å². The summed E-state index contributed by atoms with van der Waals surface area (Å²) in [6.07, 6.45) is 0.747. The molecule has 1 aromatic rings. The molecule has 1 amide bonds. The number of rotatable bonds is 6. The standard InChI is InChI=1S/C16H22N2O5S/c1-11(19)18-9-7-12-4-5-13(10-14(12)18)24(22,23)17-16(2,3)8-6-15(20)21/h4-5,10,17H,6-9H2,1-3H3,(H,20,21). The molecule has 132 valence electrons. The molecule has 0 saturated carbocycles. The molecule has 1 aromatic carbocycles. The molecule has 0 unspecified atom stereocenters. The first-order valence-electron chi connectivity index (χ1n) is 7.69. The topological polar surface area (TPSA) is 104 Å². The first kappa shape index (κ1) is 18.4. The minimum Gasteiger partial charge on any atom is -0.481 e. The highest BCUT2D eigenvalue weighted by Crippen LogP contribution is 2.31. The van der Waals surface area contributed by atoms with Crippen LogP contribution < -0.4 is 9.62 Å². The third kappa shape index (κ3) is 4.12. The van der Waals surface area contributed by atoms with E-state index in [1.165, 1.54) is 19.1 Å². The van der Waals surface area contributed by atoms with Crippen molar-refractivity contribution in [2.24, 2.45) is 0 Å². The summed E-state index contributed by atoms with van der Waals surface area (Å²) < 4.78 is 27.8. The number of nitrogens with one attached hydrogen (secondary N) is 1. The Hall–Kier alpha value is -1.93. The highest BCUT2D eigenvalue weighted by atomic mass is 32.2. The second-order valence-electron chi connectivity index (χ2n) is 6.59. The van der Waals surface area contributed by atoms with E-state index in [-0.39, 0.29) is 23.6 Å². The van der Waals surface area contributed by atoms with Gasteiger partial charge in [-0.1, -0.05) is 6.07 Å². The Bertz CT molecular complexity index is 771. The summed E-state index contributed by atoms with van der Waals surface area (Å²) in [5.41, 5.74) is 0.666. The maximum Gasteiger partial charge on any atom is 0.303 e. The molecule has 24 heavy (non-hydrogen) atoms. The number of benzene rings is 1. The minimum atomic E-state index is -3.82. The highest BCUT2D eigenvalue weighted by molar-refractivity contribution is 7.89. The third-order valence-corrected chi connectivity index (χ3v) is 5.71. The van der Waals surface area contributed by atoms with E-state index in [1.807, 2.05) is 0 Å². The number of carboxylic acids is 1. The minimum absolute atomic E-state index is 0.0674. The van der Waals surface area contributed by atoms with E-state index >= 15 is 0 Å². The van der Waals surface area contributed by atoms with E-state index in [9.17, 15) is 18.0 Å². The van der Waals surface area contributed by atoms with Crippen LogP contribution in [0, 0.1) is 0 Å². The summed E-state index contributed by atoms with van der Waals surface area (Å²) >= 11 is 0. The van der Waals surface area contributed by atoms with Crippen molar-refractivity contribution in [3.8, 4) is 0 Å². The number of fused-ring (bicyclic) bond motifs is 1. The zero-order chi connectivity index (χ0) is 18.1. The second-order valence-corrected chi connectivity index (χ2v) is 8.28. The fourth-order valence-electron chi connectivity index (χ4n) is 2.75. The van der Waals surface area contributed by atoms with Crippen molar-refractivity contribution < 1.29 is 23.1 Å². The lowest BCUT2D eigenvalue weighted by Crippen LogP contribution is -2.43. The van der Waals surface area contributed by atoms with Crippen molar-refractivity contribution in [3.05, 3.63) is 23.8 Å². The van der Waals surface area contributed by atoms with Crippen LogP contribution in [-0.4, -0.2) is 37.5 Å². The third-order valence-electron chi connectivity index (χ3n) is 4.02. The number of amides is 1. The number of anilines is 1. The lowest BCUT2D eigenvalue weighted by Gasteiger charge is -2.25. The van der Waals surface area contributed by atoms with Gasteiger partial charge in [0.1, 0.15) is 0 Å². The molecule has 0 fully saturated rings. The van der Waals surface area contributed by atoms with Gasteiger partial charge in [-0.2, -0.15) is 0 Å². The number of nitrogens with zero attached hydrogens (tertiary/aromatic N) is 1. The molecule has 2 rings (SSSR count). The van der Waals surface area contributed by atoms with Crippen LogP contribution >= 0.6 is 0 Å². The summed E-state index contributed by atoms with van der Waals surface area (Å²) in [6, 6.07) is 4.73. The SMILES string of the molecule is CC(=O)N1CCc2ccc(S(=O)(=O)NC(C)(C)CCC(=O)O)cc21. The van der Waals surface area contributed by atoms with E-state index in [0.29, 0.717) is 18.7 Å². The first-order valence-corrected chi connectivity index (χ1v) is 9.17. The average Bonchev–Trinajstić information content (AvgIpc) is 2.87. The van der Waals surface area contributed by atoms with E-state index in [0.717, 1.165) is 5.56 Å². The van der Waals surface area contributed by atoms with Crippen molar-refractivity contribution in [2.45, 2.75) is 50.5 Å². The van der Waals surface area contributed by atoms with Crippen molar-refractivity contribution in [3.63, 3.8) is 0 Å². The lowest BCUT2D eigenvalue weighted by molar-refractivity contribution is -0.137. The molecule has 1 aliphatic rings. The normalized spacial score (nSPS) is 14.5. The summed E-state index contributed by atoms with van der Waals surface area (Å²) in [5.74, 6) is -1.10. The van der Waals surface area contributed by atoms with Gasteiger partial charge in [0.25, 0.3) is 0 Å². The van der Waals surface area contributed by atoms with Crippen LogP contribution in [0.1, 0.15) is 39.2 Å². The zero-order valence-electron chi connectivity index (χ0n) is 14.0. The summed E-state index contributed by atoms with van der Waals surface area (Å²) in [7, 11) is -3.82. The van der Waals surface area contributed by atoms with E-state index in [1.54, 1.807) is 24.8 Å². The molecule has 8 heteroatoms. The Labute approximate surface area is 141 Å². The van der Waals surface area contributed by atoms with Crippen LogP contribution in [0.15, 0.2) is 23.1 Å². The van der Waals surface area contributed by atoms with Gasteiger partial charge >= 0.3 is 5.97 Å². The van der Waals surface area contributed by atoms with Gasteiger partial charge in [-0.3, -0.25) is 9.59 Å². The number of carbonyl (C=O) groups is 2. The first-order chi connectivity index (χ1) is 11.0. The molecular formula is C16H22N2O5S. The fourth-order valence-corrected chi connectivity index (χ4v) is 4.21. The summed E-state index contributed by atoms with van der Waals surface area (Å²) in [5, 5.41) is 8.76. The van der Waals surface area contributed by atoms with Gasteiger partial charge < -0.3 is 10.0 Å². The van der Waals surface area contributed by atoms with Gasteiger partial charge in [0.15, 0.2) is 0 Å². The largest absolute Gasteiger partial charge is 0.481 e. The Balaban J connectivity index is 2.26. The Morgan fingerprint density at radius 2 is 2.00 bits per heavy atom. The molecule has 7 nitrogen and oxygen atoms in total. The predicted molar refractivity (Wildman–Crippen MR) is 89.4 cm³/mol. The molecule has 0 radical (unpaired) electrons. The number of hydrogen-bond donors (Lipinski definition) is 2. The second kappa shape index (κ2) is 6.52. The van der Waals surface area contributed by atoms with E-state index < -0.39 is 21.5 Å². The monoisotopic (exact) mass is 354 g/mol. The quantitative estimate of drug-likeness (QED) is 0.806. The molecule has 1 heterocycles. The molecule has 0 bridgehead atoms. The van der Waals surface area contributed by atoms with Crippen LogP contribution in [0.3, 0.4) is 0 Å². The van der Waals surface area contributed by atoms with Crippen LogP contribution in [0.5, 0.6) is 0 Å². The molecule has 2 N–H and O–H groups in total. The molecule has 0 aliphatic carbocycles. The van der Waals surface area contributed by atoms with Gasteiger partial charge in [0, 0.05) is 31.1 Å². The number of aliphatic carboxylic acids is 1. The Kier molecular flexibility index (Phi) is 5.00. The number of hydrogen-bond acceptors (Lipinski definition) is 4. The van der Waals surface area contributed by atoms with Crippen LogP contribution in [0.4, 0.5) is 5.69 Å². The van der Waals surface area contributed by atoms with Gasteiger partial charge in [-0.05, 0) is 44.4 Å². The smallest absolute Gasteiger partial charge is 0.303 e. The molecule has 0 spiro atoms. The number of carboxylic acid groups (broad SMARTS) is 1. The molecule has 0 saturated heterocycles. The molecular weight excluding hydrogens is 332 g/mol. The van der Waals surface area contributed by atoms with Crippen molar-refractivity contribution in [1.29, 1.82) is 0 Å². The number of sulfonamides is 1. The Morgan fingerprint density at radius 1 is 1.33 bits per heavy atom. The van der Waals surface area contributed by atoms with E-state index in [2.05, 4.69) is 4.72 Å². The van der Waals surface area contributed by atoms with Gasteiger partial charge in [0.05, 0.1) is 4.90 Å². The molecule has 0 aromatic heterocycles. The average molecular weight is 354 g/mol. The fraction of sp³-hybridized carbons (Fsp3) is 0.500. The van der Waals surface area contributed by atoms with Gasteiger partial charge in [-0.15, -0.1) is 0 Å². The lowest BCUT2D eigenvalue weighted by atomic mass is 10.0. The highest BCUT2D eigenvalue weighted by Gasteiger charge is 2.29.